The smallest absolute Gasteiger partial charge is 0.118 e. The lowest BCUT2D eigenvalue weighted by Crippen LogP contribution is -2.44. The maximum atomic E-state index is 10.7. The van der Waals surface area contributed by atoms with E-state index in [-0.39, 0.29) is 0 Å². The average Bonchev–Trinajstić information content (AvgIpc) is 2.48. The molecule has 1 saturated heterocycles. The molecule has 1 aliphatic heterocycles. The van der Waals surface area contributed by atoms with E-state index in [0.29, 0.717) is 32.7 Å². The standard InChI is InChI=1S/C15H22O4/c1-3-19-15(8-10-18-11-9-15)14(16)12-4-6-13(17-2)7-5-12/h4-7,14,16H,3,8-11H2,1-2H3. The first-order chi connectivity index (χ1) is 9.22. The largest absolute Gasteiger partial charge is 0.497 e. The van der Waals surface area contributed by atoms with Crippen molar-refractivity contribution in [2.75, 3.05) is 26.9 Å². The fourth-order valence-electron chi connectivity index (χ4n) is 2.59. The van der Waals surface area contributed by atoms with Crippen molar-refractivity contribution in [1.82, 2.24) is 0 Å². The quantitative estimate of drug-likeness (QED) is 0.888. The van der Waals surface area contributed by atoms with Crippen molar-refractivity contribution in [3.8, 4) is 5.75 Å². The highest BCUT2D eigenvalue weighted by molar-refractivity contribution is 5.29. The molecule has 4 heteroatoms. The van der Waals surface area contributed by atoms with Gasteiger partial charge >= 0.3 is 0 Å². The van der Waals surface area contributed by atoms with E-state index in [1.54, 1.807) is 7.11 Å². The molecular weight excluding hydrogens is 244 g/mol. The summed E-state index contributed by atoms with van der Waals surface area (Å²) in [6.45, 7) is 3.81. The highest BCUT2D eigenvalue weighted by Gasteiger charge is 2.41. The summed E-state index contributed by atoms with van der Waals surface area (Å²) in [5.41, 5.74) is 0.331. The number of benzene rings is 1. The maximum Gasteiger partial charge on any atom is 0.118 e. The molecule has 4 nitrogen and oxygen atoms in total. The summed E-state index contributed by atoms with van der Waals surface area (Å²) in [6.07, 6.45) is 0.796. The molecular formula is C15H22O4. The second kappa shape index (κ2) is 6.37. The summed E-state index contributed by atoms with van der Waals surface area (Å²) in [6, 6.07) is 7.49. The molecule has 1 N–H and O–H groups in total. The van der Waals surface area contributed by atoms with E-state index in [4.69, 9.17) is 14.2 Å². The molecule has 1 fully saturated rings. The van der Waals surface area contributed by atoms with Crippen molar-refractivity contribution in [2.45, 2.75) is 31.5 Å². The molecule has 0 aromatic heterocycles. The topological polar surface area (TPSA) is 47.9 Å². The number of methoxy groups -OCH3 is 1. The van der Waals surface area contributed by atoms with Crippen LogP contribution in [0.15, 0.2) is 24.3 Å². The molecule has 1 aromatic carbocycles. The predicted octanol–water partition coefficient (Wildman–Crippen LogP) is 2.31. The van der Waals surface area contributed by atoms with Gasteiger partial charge in [-0.3, -0.25) is 0 Å². The van der Waals surface area contributed by atoms with Crippen LogP contribution in [0.4, 0.5) is 0 Å². The van der Waals surface area contributed by atoms with Gasteiger partial charge in [-0.2, -0.15) is 0 Å². The normalized spacial score (nSPS) is 19.9. The minimum Gasteiger partial charge on any atom is -0.497 e. The number of hydrogen-bond donors (Lipinski definition) is 1. The van der Waals surface area contributed by atoms with Crippen LogP contribution in [0.1, 0.15) is 31.4 Å². The van der Waals surface area contributed by atoms with E-state index < -0.39 is 11.7 Å². The number of rotatable bonds is 5. The Morgan fingerprint density at radius 1 is 1.26 bits per heavy atom. The third-order valence-electron chi connectivity index (χ3n) is 3.70. The summed E-state index contributed by atoms with van der Waals surface area (Å²) in [5.74, 6) is 0.786. The summed E-state index contributed by atoms with van der Waals surface area (Å²) < 4.78 is 16.4. The van der Waals surface area contributed by atoms with E-state index in [9.17, 15) is 5.11 Å². The number of hydrogen-bond acceptors (Lipinski definition) is 4. The molecule has 2 rings (SSSR count). The van der Waals surface area contributed by atoms with Crippen molar-refractivity contribution in [3.05, 3.63) is 29.8 Å². The molecule has 0 amide bonds. The minimum atomic E-state index is -0.637. The summed E-state index contributed by atoms with van der Waals surface area (Å²) in [7, 11) is 1.63. The van der Waals surface area contributed by atoms with E-state index in [2.05, 4.69) is 0 Å². The van der Waals surface area contributed by atoms with Crippen molar-refractivity contribution < 1.29 is 19.3 Å². The van der Waals surface area contributed by atoms with Gasteiger partial charge in [0.15, 0.2) is 0 Å². The molecule has 0 radical (unpaired) electrons. The predicted molar refractivity (Wildman–Crippen MR) is 72.4 cm³/mol. The first-order valence-corrected chi connectivity index (χ1v) is 6.75. The lowest BCUT2D eigenvalue weighted by atomic mass is 9.84. The van der Waals surface area contributed by atoms with Crippen LogP contribution in [0.25, 0.3) is 0 Å². The number of ether oxygens (including phenoxy) is 3. The second-order valence-electron chi connectivity index (χ2n) is 4.79. The van der Waals surface area contributed by atoms with E-state index in [0.717, 1.165) is 11.3 Å². The van der Waals surface area contributed by atoms with Gasteiger partial charge in [0.25, 0.3) is 0 Å². The molecule has 1 unspecified atom stereocenters. The van der Waals surface area contributed by atoms with E-state index in [1.807, 2.05) is 31.2 Å². The van der Waals surface area contributed by atoms with Gasteiger partial charge in [-0.25, -0.2) is 0 Å². The Morgan fingerprint density at radius 3 is 2.42 bits per heavy atom. The van der Waals surface area contributed by atoms with Crippen molar-refractivity contribution in [3.63, 3.8) is 0 Å². The summed E-state index contributed by atoms with van der Waals surface area (Å²) in [5, 5.41) is 10.7. The van der Waals surface area contributed by atoms with Crippen LogP contribution < -0.4 is 4.74 Å². The highest BCUT2D eigenvalue weighted by atomic mass is 16.5. The van der Waals surface area contributed by atoms with Crippen LogP contribution in [-0.2, 0) is 9.47 Å². The third-order valence-corrected chi connectivity index (χ3v) is 3.70. The average molecular weight is 266 g/mol. The Labute approximate surface area is 114 Å². The first-order valence-electron chi connectivity index (χ1n) is 6.75. The molecule has 1 aliphatic rings. The van der Waals surface area contributed by atoms with Gasteiger partial charge in [0.05, 0.1) is 7.11 Å². The fraction of sp³-hybridized carbons (Fsp3) is 0.600. The molecule has 0 aliphatic carbocycles. The van der Waals surface area contributed by atoms with Gasteiger partial charge in [0, 0.05) is 32.7 Å². The molecule has 19 heavy (non-hydrogen) atoms. The van der Waals surface area contributed by atoms with Crippen LogP contribution in [0.2, 0.25) is 0 Å². The SMILES string of the molecule is CCOC1(C(O)c2ccc(OC)cc2)CCOCC1. The van der Waals surface area contributed by atoms with Crippen LogP contribution in [0, 0.1) is 0 Å². The van der Waals surface area contributed by atoms with Crippen molar-refractivity contribution >= 4 is 0 Å². The lowest BCUT2D eigenvalue weighted by Gasteiger charge is -2.40. The Kier molecular flexibility index (Phi) is 4.80. The minimum absolute atomic E-state index is 0.526. The van der Waals surface area contributed by atoms with Crippen molar-refractivity contribution in [1.29, 1.82) is 0 Å². The van der Waals surface area contributed by atoms with E-state index in [1.165, 1.54) is 0 Å². The zero-order chi connectivity index (χ0) is 13.7. The molecule has 0 saturated carbocycles. The molecule has 106 valence electrons. The lowest BCUT2D eigenvalue weighted by molar-refractivity contribution is -0.168. The van der Waals surface area contributed by atoms with Crippen molar-refractivity contribution in [2.24, 2.45) is 0 Å². The van der Waals surface area contributed by atoms with Gasteiger partial charge in [-0.1, -0.05) is 12.1 Å². The summed E-state index contributed by atoms with van der Waals surface area (Å²) >= 11 is 0. The monoisotopic (exact) mass is 266 g/mol. The van der Waals surface area contributed by atoms with Gasteiger partial charge in [0.1, 0.15) is 17.5 Å². The number of aliphatic hydroxyl groups excluding tert-OH is 1. The Balaban J connectivity index is 2.19. The highest BCUT2D eigenvalue weighted by Crippen LogP contribution is 2.38. The van der Waals surface area contributed by atoms with Gasteiger partial charge in [-0.05, 0) is 24.6 Å². The Morgan fingerprint density at radius 2 is 1.89 bits per heavy atom. The van der Waals surface area contributed by atoms with Gasteiger partial charge < -0.3 is 19.3 Å². The molecule has 1 atom stereocenters. The van der Waals surface area contributed by atoms with E-state index >= 15 is 0 Å². The number of aliphatic hydroxyl groups is 1. The Hall–Kier alpha value is -1.10. The second-order valence-corrected chi connectivity index (χ2v) is 4.79. The molecule has 1 aromatic rings. The zero-order valence-corrected chi connectivity index (χ0v) is 11.6. The fourth-order valence-corrected chi connectivity index (χ4v) is 2.59. The zero-order valence-electron chi connectivity index (χ0n) is 11.6. The van der Waals surface area contributed by atoms with Gasteiger partial charge in [0.2, 0.25) is 0 Å². The molecule has 1 heterocycles. The molecule has 0 spiro atoms. The van der Waals surface area contributed by atoms with Crippen LogP contribution in [0.5, 0.6) is 5.75 Å². The molecule has 0 bridgehead atoms. The van der Waals surface area contributed by atoms with Crippen LogP contribution >= 0.6 is 0 Å². The Bertz CT molecular complexity index is 376. The first kappa shape index (κ1) is 14.3. The van der Waals surface area contributed by atoms with Crippen LogP contribution in [0.3, 0.4) is 0 Å². The summed E-state index contributed by atoms with van der Waals surface area (Å²) in [4.78, 5) is 0. The van der Waals surface area contributed by atoms with Gasteiger partial charge in [-0.15, -0.1) is 0 Å². The van der Waals surface area contributed by atoms with Crippen LogP contribution in [-0.4, -0.2) is 37.6 Å². The maximum absolute atomic E-state index is 10.7. The third kappa shape index (κ3) is 3.08.